The van der Waals surface area contributed by atoms with E-state index < -0.39 is 17.7 Å². The van der Waals surface area contributed by atoms with Crippen LogP contribution in [0.25, 0.3) is 16.0 Å². The fraction of sp³-hybridized carbons (Fsp3) is 0.207. The van der Waals surface area contributed by atoms with Gasteiger partial charge in [0.05, 0.1) is 35.0 Å². The van der Waals surface area contributed by atoms with Crippen molar-refractivity contribution in [1.29, 1.82) is 0 Å². The van der Waals surface area contributed by atoms with Crippen molar-refractivity contribution in [2.75, 3.05) is 18.1 Å². The van der Waals surface area contributed by atoms with Crippen LogP contribution in [0.15, 0.2) is 78.4 Å². The highest BCUT2D eigenvalue weighted by Crippen LogP contribution is 2.44. The standard InChI is InChI=1S/C29H26N2O5S/c1-3-16-36-20-12-10-19(11-13-20)26(32)24-25(18-8-6-5-7-9-18)31(28(34)27(24)33)29-30-22-15-14-21(35-4-2)17-23(22)37-29/h5-15,17,25,32H,3-4,16H2,1-2H3. The lowest BCUT2D eigenvalue weighted by Crippen LogP contribution is -2.29. The van der Waals surface area contributed by atoms with Crippen LogP contribution in [0.3, 0.4) is 0 Å². The maximum Gasteiger partial charge on any atom is 0.301 e. The lowest BCUT2D eigenvalue weighted by atomic mass is 9.95. The summed E-state index contributed by atoms with van der Waals surface area (Å²) in [6, 6.07) is 20.7. The molecule has 1 fully saturated rings. The molecule has 5 rings (SSSR count). The molecule has 0 radical (unpaired) electrons. The zero-order valence-corrected chi connectivity index (χ0v) is 21.3. The van der Waals surface area contributed by atoms with Crippen molar-refractivity contribution in [2.45, 2.75) is 26.3 Å². The molecule has 1 saturated heterocycles. The number of carbonyl (C=O) groups excluding carboxylic acids is 2. The van der Waals surface area contributed by atoms with Crippen LogP contribution in [-0.2, 0) is 9.59 Å². The number of nitrogens with zero attached hydrogens (tertiary/aromatic N) is 2. The van der Waals surface area contributed by atoms with Gasteiger partial charge in [-0.15, -0.1) is 0 Å². The summed E-state index contributed by atoms with van der Waals surface area (Å²) in [4.78, 5) is 32.8. The summed E-state index contributed by atoms with van der Waals surface area (Å²) in [5, 5.41) is 11.7. The quantitative estimate of drug-likeness (QED) is 0.173. The average molecular weight is 515 g/mol. The molecule has 8 heteroatoms. The van der Waals surface area contributed by atoms with Gasteiger partial charge in [-0.05, 0) is 61.4 Å². The Morgan fingerprint density at radius 3 is 2.41 bits per heavy atom. The van der Waals surface area contributed by atoms with Gasteiger partial charge in [0.2, 0.25) is 0 Å². The number of hydrogen-bond donors (Lipinski definition) is 1. The van der Waals surface area contributed by atoms with Crippen molar-refractivity contribution in [2.24, 2.45) is 0 Å². The fourth-order valence-corrected chi connectivity index (χ4v) is 5.34. The van der Waals surface area contributed by atoms with E-state index in [2.05, 4.69) is 4.98 Å². The third-order valence-corrected chi connectivity index (χ3v) is 7.04. The first-order valence-corrected chi connectivity index (χ1v) is 13.0. The number of thiazole rings is 1. The zero-order chi connectivity index (χ0) is 25.9. The summed E-state index contributed by atoms with van der Waals surface area (Å²) in [5.41, 5.74) is 1.83. The van der Waals surface area contributed by atoms with Gasteiger partial charge in [0.25, 0.3) is 5.78 Å². The number of aliphatic hydroxyl groups is 1. The maximum atomic E-state index is 13.4. The largest absolute Gasteiger partial charge is 0.507 e. The van der Waals surface area contributed by atoms with Gasteiger partial charge in [-0.2, -0.15) is 0 Å². The lowest BCUT2D eigenvalue weighted by Gasteiger charge is -2.22. The van der Waals surface area contributed by atoms with Crippen molar-refractivity contribution in [3.05, 3.63) is 89.5 Å². The highest BCUT2D eigenvalue weighted by atomic mass is 32.1. The van der Waals surface area contributed by atoms with Crippen molar-refractivity contribution >= 4 is 44.1 Å². The zero-order valence-electron chi connectivity index (χ0n) is 20.5. The summed E-state index contributed by atoms with van der Waals surface area (Å²) >= 11 is 1.30. The predicted octanol–water partition coefficient (Wildman–Crippen LogP) is 6.11. The van der Waals surface area contributed by atoms with E-state index in [1.807, 2.05) is 62.4 Å². The molecule has 4 aromatic rings. The molecule has 188 valence electrons. The van der Waals surface area contributed by atoms with E-state index in [0.717, 1.165) is 11.1 Å². The molecule has 3 aromatic carbocycles. The van der Waals surface area contributed by atoms with Crippen LogP contribution in [0.2, 0.25) is 0 Å². The van der Waals surface area contributed by atoms with Crippen LogP contribution >= 0.6 is 11.3 Å². The molecular formula is C29H26N2O5S. The minimum atomic E-state index is -0.829. The number of anilines is 1. The van der Waals surface area contributed by atoms with E-state index in [-0.39, 0.29) is 11.3 Å². The number of ether oxygens (including phenoxy) is 2. The first-order chi connectivity index (χ1) is 18.0. The molecule has 1 unspecified atom stereocenters. The summed E-state index contributed by atoms with van der Waals surface area (Å²) in [6.45, 7) is 5.05. The number of hydrogen-bond acceptors (Lipinski definition) is 7. The number of amides is 1. The van der Waals surface area contributed by atoms with Crippen LogP contribution in [0.1, 0.15) is 37.4 Å². The van der Waals surface area contributed by atoms with Gasteiger partial charge >= 0.3 is 5.91 Å². The Bertz CT molecular complexity index is 1480. The number of carbonyl (C=O) groups is 2. The van der Waals surface area contributed by atoms with E-state index >= 15 is 0 Å². The normalized spacial score (nSPS) is 16.9. The molecule has 1 aliphatic heterocycles. The van der Waals surface area contributed by atoms with Gasteiger partial charge in [0.15, 0.2) is 5.13 Å². The second-order valence-electron chi connectivity index (χ2n) is 8.51. The Balaban J connectivity index is 1.61. The van der Waals surface area contributed by atoms with E-state index in [1.165, 1.54) is 16.2 Å². The van der Waals surface area contributed by atoms with Gasteiger partial charge in [0, 0.05) is 5.56 Å². The van der Waals surface area contributed by atoms with Crippen LogP contribution in [0.5, 0.6) is 11.5 Å². The smallest absolute Gasteiger partial charge is 0.301 e. The molecule has 1 aromatic heterocycles. The summed E-state index contributed by atoms with van der Waals surface area (Å²) in [6.07, 6.45) is 0.876. The Morgan fingerprint density at radius 2 is 1.70 bits per heavy atom. The third-order valence-electron chi connectivity index (χ3n) is 6.03. The summed E-state index contributed by atoms with van der Waals surface area (Å²) < 4.78 is 12.1. The van der Waals surface area contributed by atoms with Gasteiger partial charge in [-0.25, -0.2) is 4.98 Å². The first-order valence-electron chi connectivity index (χ1n) is 12.1. The van der Waals surface area contributed by atoms with Crippen LogP contribution in [0, 0.1) is 0 Å². The fourth-order valence-electron chi connectivity index (χ4n) is 4.32. The molecule has 1 N–H and O–H groups in total. The van der Waals surface area contributed by atoms with Gasteiger partial charge in [-0.3, -0.25) is 14.5 Å². The molecular weight excluding hydrogens is 488 g/mol. The molecule has 1 amide bonds. The van der Waals surface area contributed by atoms with Crippen LogP contribution in [0.4, 0.5) is 5.13 Å². The molecule has 0 aliphatic carbocycles. The Kier molecular flexibility index (Phi) is 6.92. The summed E-state index contributed by atoms with van der Waals surface area (Å²) in [7, 11) is 0. The monoisotopic (exact) mass is 514 g/mol. The summed E-state index contributed by atoms with van der Waals surface area (Å²) in [5.74, 6) is -0.358. The van der Waals surface area contributed by atoms with Crippen molar-refractivity contribution in [1.82, 2.24) is 4.98 Å². The Labute approximate surface area is 218 Å². The van der Waals surface area contributed by atoms with Crippen LogP contribution in [-0.4, -0.2) is 35.0 Å². The highest BCUT2D eigenvalue weighted by Gasteiger charge is 2.48. The maximum absolute atomic E-state index is 13.4. The number of rotatable bonds is 8. The van der Waals surface area contributed by atoms with Gasteiger partial charge in [-0.1, -0.05) is 48.6 Å². The highest BCUT2D eigenvalue weighted by molar-refractivity contribution is 7.22. The van der Waals surface area contributed by atoms with Crippen LogP contribution < -0.4 is 14.4 Å². The SMILES string of the molecule is CCCOc1ccc(C(O)=C2C(=O)C(=O)N(c3nc4ccc(OCC)cc4s3)C2c2ccccc2)cc1. The van der Waals surface area contributed by atoms with Crippen molar-refractivity contribution in [3.8, 4) is 11.5 Å². The van der Waals surface area contributed by atoms with E-state index in [4.69, 9.17) is 9.47 Å². The topological polar surface area (TPSA) is 89.0 Å². The third kappa shape index (κ3) is 4.68. The number of aliphatic hydroxyl groups excluding tert-OH is 1. The number of Topliss-reactive ketones (excluding diaryl/α,β-unsaturated/α-hetero) is 1. The molecule has 1 aliphatic rings. The predicted molar refractivity (Wildman–Crippen MR) is 144 cm³/mol. The number of ketones is 1. The minimum absolute atomic E-state index is 0.0210. The minimum Gasteiger partial charge on any atom is -0.507 e. The molecule has 2 heterocycles. The van der Waals surface area contributed by atoms with Gasteiger partial charge in [0.1, 0.15) is 17.3 Å². The van der Waals surface area contributed by atoms with E-state index in [9.17, 15) is 14.7 Å². The molecule has 0 bridgehead atoms. The molecule has 0 saturated carbocycles. The average Bonchev–Trinajstić information content (AvgIpc) is 3.45. The van der Waals surface area contributed by atoms with Gasteiger partial charge < -0.3 is 14.6 Å². The lowest BCUT2D eigenvalue weighted by molar-refractivity contribution is -0.132. The van der Waals surface area contributed by atoms with E-state index in [0.29, 0.717) is 46.5 Å². The molecule has 7 nitrogen and oxygen atoms in total. The Hall–Kier alpha value is -4.17. The number of fused-ring (bicyclic) bond motifs is 1. The van der Waals surface area contributed by atoms with Crippen molar-refractivity contribution in [3.63, 3.8) is 0 Å². The number of aromatic nitrogens is 1. The molecule has 37 heavy (non-hydrogen) atoms. The Morgan fingerprint density at radius 1 is 0.973 bits per heavy atom. The molecule has 0 spiro atoms. The molecule has 1 atom stereocenters. The number of benzene rings is 3. The van der Waals surface area contributed by atoms with E-state index in [1.54, 1.807) is 24.3 Å². The van der Waals surface area contributed by atoms with Crippen molar-refractivity contribution < 1.29 is 24.2 Å². The second-order valence-corrected chi connectivity index (χ2v) is 9.52. The first kappa shape index (κ1) is 24.5. The second kappa shape index (κ2) is 10.4.